The number of nitro groups is 1. The first-order chi connectivity index (χ1) is 11.4. The lowest BCUT2D eigenvalue weighted by atomic mass is 9.92. The summed E-state index contributed by atoms with van der Waals surface area (Å²) in [5.41, 5.74) is -0.708. The molecule has 2 aromatic rings. The van der Waals surface area contributed by atoms with Crippen LogP contribution in [0.3, 0.4) is 0 Å². The Hall–Kier alpha value is -2.96. The minimum atomic E-state index is -0.899. The molecule has 0 saturated heterocycles. The molecule has 0 fully saturated rings. The summed E-state index contributed by atoms with van der Waals surface area (Å²) in [7, 11) is 0. The summed E-state index contributed by atoms with van der Waals surface area (Å²) >= 11 is 0. The molecular weight excluding hydrogens is 317 g/mol. The number of rotatable bonds is 4. The van der Waals surface area contributed by atoms with Gasteiger partial charge in [0.05, 0.1) is 16.9 Å². The topological polar surface area (TPSA) is 78.7 Å². The Balaban J connectivity index is 1.72. The van der Waals surface area contributed by atoms with Gasteiger partial charge < -0.3 is 9.47 Å². The highest BCUT2D eigenvalue weighted by Crippen LogP contribution is 2.34. The van der Waals surface area contributed by atoms with E-state index in [1.165, 1.54) is 36.4 Å². The molecule has 0 amide bonds. The number of halogens is 1. The molecule has 1 atom stereocenters. The van der Waals surface area contributed by atoms with Crippen LogP contribution in [-0.2, 0) is 0 Å². The number of ether oxygens (including phenoxy) is 2. The normalized spacial score (nSPS) is 19.3. The van der Waals surface area contributed by atoms with E-state index in [0.717, 1.165) is 6.07 Å². The van der Waals surface area contributed by atoms with E-state index >= 15 is 0 Å². The van der Waals surface area contributed by atoms with E-state index < -0.39 is 16.3 Å². The quantitative estimate of drug-likeness (QED) is 0.632. The van der Waals surface area contributed by atoms with Crippen LogP contribution in [0.25, 0.3) is 0 Å². The van der Waals surface area contributed by atoms with E-state index in [-0.39, 0.29) is 30.1 Å². The first-order valence-corrected chi connectivity index (χ1v) is 7.25. The standard InChI is InChI=1S/C17H14FNO5/c1-17(10-23-13-5-3-12(4-6-13)19(21)22)9-15(20)14-8-11(18)2-7-16(14)24-17/h2-8H,9-10H2,1H3. The maximum absolute atomic E-state index is 13.2. The van der Waals surface area contributed by atoms with Crippen molar-refractivity contribution in [2.75, 3.05) is 6.61 Å². The fraction of sp³-hybridized carbons (Fsp3) is 0.235. The zero-order chi connectivity index (χ0) is 17.3. The average molecular weight is 331 g/mol. The van der Waals surface area contributed by atoms with Crippen LogP contribution in [0.5, 0.6) is 11.5 Å². The Morgan fingerprint density at radius 3 is 2.67 bits per heavy atom. The van der Waals surface area contributed by atoms with Gasteiger partial charge in [-0.2, -0.15) is 0 Å². The molecule has 0 saturated carbocycles. The number of benzene rings is 2. The van der Waals surface area contributed by atoms with Crippen LogP contribution in [0, 0.1) is 15.9 Å². The van der Waals surface area contributed by atoms with Gasteiger partial charge in [0.2, 0.25) is 0 Å². The number of hydrogen-bond donors (Lipinski definition) is 0. The van der Waals surface area contributed by atoms with Crippen LogP contribution >= 0.6 is 0 Å². The second-order valence-corrected chi connectivity index (χ2v) is 5.83. The number of carbonyl (C=O) groups is 1. The summed E-state index contributed by atoms with van der Waals surface area (Å²) in [4.78, 5) is 22.3. The molecule has 24 heavy (non-hydrogen) atoms. The van der Waals surface area contributed by atoms with Crippen molar-refractivity contribution in [2.24, 2.45) is 0 Å². The van der Waals surface area contributed by atoms with Gasteiger partial charge in [-0.25, -0.2) is 4.39 Å². The number of nitrogens with zero attached hydrogens (tertiary/aromatic N) is 1. The first kappa shape index (κ1) is 15.9. The Morgan fingerprint density at radius 1 is 1.29 bits per heavy atom. The van der Waals surface area contributed by atoms with E-state index in [0.29, 0.717) is 11.5 Å². The van der Waals surface area contributed by atoms with Crippen molar-refractivity contribution in [2.45, 2.75) is 18.9 Å². The van der Waals surface area contributed by atoms with Gasteiger partial charge in [-0.15, -0.1) is 0 Å². The molecular formula is C17H14FNO5. The number of fused-ring (bicyclic) bond motifs is 1. The van der Waals surface area contributed by atoms with E-state index in [9.17, 15) is 19.3 Å². The highest BCUT2D eigenvalue weighted by molar-refractivity contribution is 6.00. The summed E-state index contributed by atoms with van der Waals surface area (Å²) in [5, 5.41) is 10.6. The predicted molar refractivity (Wildman–Crippen MR) is 83.0 cm³/mol. The smallest absolute Gasteiger partial charge is 0.269 e. The maximum atomic E-state index is 13.2. The maximum Gasteiger partial charge on any atom is 0.269 e. The molecule has 0 N–H and O–H groups in total. The molecule has 1 aliphatic heterocycles. The highest BCUT2D eigenvalue weighted by atomic mass is 19.1. The Morgan fingerprint density at radius 2 is 2.00 bits per heavy atom. The van der Waals surface area contributed by atoms with Crippen molar-refractivity contribution >= 4 is 11.5 Å². The zero-order valence-electron chi connectivity index (χ0n) is 12.8. The Bertz CT molecular complexity index is 805. The fourth-order valence-corrected chi connectivity index (χ4v) is 2.53. The van der Waals surface area contributed by atoms with E-state index in [2.05, 4.69) is 0 Å². The van der Waals surface area contributed by atoms with Gasteiger partial charge in [0.1, 0.15) is 29.5 Å². The zero-order valence-corrected chi connectivity index (χ0v) is 12.8. The molecule has 0 spiro atoms. The lowest BCUT2D eigenvalue weighted by Gasteiger charge is -2.34. The molecule has 124 valence electrons. The second kappa shape index (κ2) is 5.92. The summed E-state index contributed by atoms with van der Waals surface area (Å²) in [6.07, 6.45) is 0.0520. The van der Waals surface area contributed by atoms with Crippen molar-refractivity contribution in [3.63, 3.8) is 0 Å². The summed E-state index contributed by atoms with van der Waals surface area (Å²) < 4.78 is 24.6. The monoisotopic (exact) mass is 331 g/mol. The Kier molecular flexibility index (Phi) is 3.92. The van der Waals surface area contributed by atoms with Crippen LogP contribution < -0.4 is 9.47 Å². The minimum Gasteiger partial charge on any atom is -0.489 e. The molecule has 0 aliphatic carbocycles. The van der Waals surface area contributed by atoms with Gasteiger partial charge in [-0.1, -0.05) is 0 Å². The van der Waals surface area contributed by atoms with Crippen molar-refractivity contribution in [1.82, 2.24) is 0 Å². The fourth-order valence-electron chi connectivity index (χ4n) is 2.53. The third-order valence-electron chi connectivity index (χ3n) is 3.72. The van der Waals surface area contributed by atoms with E-state index in [4.69, 9.17) is 9.47 Å². The average Bonchev–Trinajstić information content (AvgIpc) is 2.54. The summed E-state index contributed by atoms with van der Waals surface area (Å²) in [6.45, 7) is 1.80. The minimum absolute atomic E-state index is 0.0337. The molecule has 7 heteroatoms. The molecule has 2 aromatic carbocycles. The third kappa shape index (κ3) is 3.19. The Labute approximate surface area is 137 Å². The lowest BCUT2D eigenvalue weighted by molar-refractivity contribution is -0.384. The van der Waals surface area contributed by atoms with Crippen LogP contribution in [0.4, 0.5) is 10.1 Å². The van der Waals surface area contributed by atoms with Crippen molar-refractivity contribution in [3.05, 3.63) is 64.0 Å². The van der Waals surface area contributed by atoms with Crippen molar-refractivity contribution in [1.29, 1.82) is 0 Å². The molecule has 1 unspecified atom stereocenters. The van der Waals surface area contributed by atoms with Gasteiger partial charge in [0.15, 0.2) is 5.78 Å². The summed E-state index contributed by atoms with van der Waals surface area (Å²) in [5.74, 6) is 0.0483. The van der Waals surface area contributed by atoms with Crippen LogP contribution in [0.15, 0.2) is 42.5 Å². The number of Topliss-reactive ketones (excluding diaryl/α,β-unsaturated/α-hetero) is 1. The number of hydrogen-bond acceptors (Lipinski definition) is 5. The number of ketones is 1. The van der Waals surface area contributed by atoms with Gasteiger partial charge >= 0.3 is 0 Å². The molecule has 1 aliphatic rings. The molecule has 0 radical (unpaired) electrons. The number of nitro benzene ring substituents is 1. The van der Waals surface area contributed by atoms with Gasteiger partial charge in [0.25, 0.3) is 5.69 Å². The van der Waals surface area contributed by atoms with E-state index in [1.54, 1.807) is 6.92 Å². The first-order valence-electron chi connectivity index (χ1n) is 7.25. The second-order valence-electron chi connectivity index (χ2n) is 5.83. The predicted octanol–water partition coefficient (Wildman–Crippen LogP) is 3.54. The summed E-state index contributed by atoms with van der Waals surface area (Å²) in [6, 6.07) is 9.45. The highest BCUT2D eigenvalue weighted by Gasteiger charge is 2.37. The number of carbonyl (C=O) groups excluding carboxylic acids is 1. The molecule has 1 heterocycles. The van der Waals surface area contributed by atoms with Crippen LogP contribution in [0.2, 0.25) is 0 Å². The van der Waals surface area contributed by atoms with Crippen LogP contribution in [-0.4, -0.2) is 22.9 Å². The van der Waals surface area contributed by atoms with Crippen molar-refractivity contribution < 1.29 is 23.6 Å². The molecule has 6 nitrogen and oxygen atoms in total. The number of non-ortho nitro benzene ring substituents is 1. The van der Waals surface area contributed by atoms with E-state index in [1.807, 2.05) is 0 Å². The SMILES string of the molecule is CC1(COc2ccc([N+](=O)[O-])cc2)CC(=O)c2cc(F)ccc2O1. The molecule has 0 aromatic heterocycles. The third-order valence-corrected chi connectivity index (χ3v) is 3.72. The van der Waals surface area contributed by atoms with Crippen molar-refractivity contribution in [3.8, 4) is 11.5 Å². The molecule has 0 bridgehead atoms. The van der Waals surface area contributed by atoms with Gasteiger partial charge in [-0.05, 0) is 37.3 Å². The lowest BCUT2D eigenvalue weighted by Crippen LogP contribution is -2.44. The largest absolute Gasteiger partial charge is 0.489 e. The van der Waals surface area contributed by atoms with Crippen LogP contribution in [0.1, 0.15) is 23.7 Å². The van der Waals surface area contributed by atoms with Gasteiger partial charge in [0, 0.05) is 12.1 Å². The van der Waals surface area contributed by atoms with Gasteiger partial charge in [-0.3, -0.25) is 14.9 Å². The molecule has 3 rings (SSSR count).